The van der Waals surface area contributed by atoms with Crippen LogP contribution in [0.5, 0.6) is 11.5 Å². The fourth-order valence-corrected chi connectivity index (χ4v) is 10.8. The maximum absolute atomic E-state index is 9.19. The molecule has 3 N–H and O–H groups in total. The number of hydrogen-bond donors (Lipinski definition) is 2. The number of benzene rings is 4. The summed E-state index contributed by atoms with van der Waals surface area (Å²) in [6, 6.07) is 27.1. The Labute approximate surface area is 336 Å². The second-order valence-corrected chi connectivity index (χ2v) is 21.4. The number of para-hydroxylation sites is 1. The molecule has 0 spiro atoms. The average Bonchev–Trinajstić information content (AvgIpc) is 3.02. The van der Waals surface area contributed by atoms with Crippen molar-refractivity contribution in [3.05, 3.63) is 95.6 Å². The Bertz CT molecular complexity index is 1810. The number of nitrogen functional groups attached to an aromatic ring is 1. The molecule has 0 saturated heterocycles. The summed E-state index contributed by atoms with van der Waals surface area (Å²) in [6.07, 6.45) is 0.715. The van der Waals surface area contributed by atoms with Gasteiger partial charge < -0.3 is 15.2 Å². The number of anilines is 1. The maximum Gasteiger partial charge on any atom is 0.261 e. The fourth-order valence-electron chi connectivity index (χ4n) is 6.65. The van der Waals surface area contributed by atoms with E-state index in [9.17, 15) is 8.42 Å². The summed E-state index contributed by atoms with van der Waals surface area (Å²) in [5.41, 5.74) is 15.7. The SMILES string of the molecule is COc1ccc(OC)c(P(C(C)(C)C)C(C)(C)C)c1-c1c(C(C)C)cc(C(C)C)cc1C(C)C.CS(=O)(=O)O.Nc1ccccc1-c1ccccc1.[Pd]. The van der Waals surface area contributed by atoms with E-state index < -0.39 is 18.0 Å². The number of rotatable bonds is 8. The van der Waals surface area contributed by atoms with Gasteiger partial charge in [-0.15, -0.1) is 0 Å². The van der Waals surface area contributed by atoms with Crippen LogP contribution in [-0.2, 0) is 30.5 Å². The molecule has 4 aromatic carbocycles. The molecule has 0 radical (unpaired) electrons. The van der Waals surface area contributed by atoms with Gasteiger partial charge in [-0.1, -0.05) is 152 Å². The van der Waals surface area contributed by atoms with Crippen LogP contribution < -0.4 is 20.5 Å². The Balaban J connectivity index is 0.000000603. The van der Waals surface area contributed by atoms with Crippen LogP contribution in [0.1, 0.15) is 118 Å². The van der Waals surface area contributed by atoms with Crippen molar-refractivity contribution in [1.29, 1.82) is 0 Å². The van der Waals surface area contributed by atoms with Crippen LogP contribution in [0.3, 0.4) is 0 Å². The van der Waals surface area contributed by atoms with Crippen LogP contribution >= 0.6 is 7.92 Å². The normalized spacial score (nSPS) is 11.8. The summed E-state index contributed by atoms with van der Waals surface area (Å²) in [4.78, 5) is 0. The molecule has 53 heavy (non-hydrogen) atoms. The zero-order chi connectivity index (χ0) is 39.8. The minimum absolute atomic E-state index is 0. The number of nitrogens with two attached hydrogens (primary N) is 1. The van der Waals surface area contributed by atoms with Crippen LogP contribution in [0.2, 0.25) is 0 Å². The molecule has 0 aliphatic carbocycles. The first kappa shape index (κ1) is 48.3. The summed E-state index contributed by atoms with van der Waals surface area (Å²) in [5.74, 6) is 3.19. The minimum Gasteiger partial charge on any atom is -0.496 e. The van der Waals surface area contributed by atoms with E-state index in [1.807, 2.05) is 49.6 Å². The van der Waals surface area contributed by atoms with Gasteiger partial charge in [0.05, 0.1) is 20.5 Å². The smallest absolute Gasteiger partial charge is 0.261 e. The van der Waals surface area contributed by atoms with E-state index in [1.54, 1.807) is 7.11 Å². The Hall–Kier alpha value is -2.72. The predicted octanol–water partition coefficient (Wildman–Crippen LogP) is 11.9. The van der Waals surface area contributed by atoms with E-state index in [2.05, 4.69) is 119 Å². The second-order valence-electron chi connectivity index (χ2n) is 16.1. The molecule has 0 unspecified atom stereocenters. The Morgan fingerprint density at radius 2 is 1.08 bits per heavy atom. The van der Waals surface area contributed by atoms with Crippen LogP contribution in [0, 0.1) is 0 Å². The van der Waals surface area contributed by atoms with Gasteiger partial charge in [0.1, 0.15) is 11.5 Å². The van der Waals surface area contributed by atoms with Gasteiger partial charge in [-0.25, -0.2) is 0 Å². The third-order valence-corrected chi connectivity index (χ3v) is 12.1. The van der Waals surface area contributed by atoms with Crippen LogP contribution in [0.15, 0.2) is 78.9 Å². The molecule has 0 bridgehead atoms. The molecular formula is C44H64NO5PPdS. The van der Waals surface area contributed by atoms with E-state index in [0.717, 1.165) is 22.7 Å². The van der Waals surface area contributed by atoms with Gasteiger partial charge in [0.15, 0.2) is 0 Å². The molecule has 0 heterocycles. The van der Waals surface area contributed by atoms with Crippen molar-refractivity contribution in [2.75, 3.05) is 26.2 Å². The van der Waals surface area contributed by atoms with Gasteiger partial charge in [0, 0.05) is 42.5 Å². The topological polar surface area (TPSA) is 98.8 Å². The van der Waals surface area contributed by atoms with Crippen molar-refractivity contribution in [1.82, 2.24) is 0 Å². The van der Waals surface area contributed by atoms with Crippen LogP contribution in [0.25, 0.3) is 22.3 Å². The largest absolute Gasteiger partial charge is 0.496 e. The molecule has 0 aliphatic rings. The summed E-state index contributed by atoms with van der Waals surface area (Å²) in [6.45, 7) is 28.1. The molecule has 0 amide bonds. The molecule has 6 nitrogen and oxygen atoms in total. The van der Waals surface area contributed by atoms with E-state index in [-0.39, 0.29) is 30.7 Å². The molecule has 9 heteroatoms. The number of hydrogen-bond acceptors (Lipinski definition) is 5. The van der Waals surface area contributed by atoms with Crippen molar-refractivity contribution in [2.24, 2.45) is 0 Å². The molecule has 296 valence electrons. The molecule has 4 rings (SSSR count). The molecule has 0 fully saturated rings. The standard InChI is InChI=1S/C31H49O2P.C12H11N.CH4O3S.Pd/c1-19(2)22-17-23(20(3)4)27(24(18-22)21(5)6)28-25(32-13)15-16-26(33-14)29(28)34(30(7,8)9)31(10,11)12;13-12-9-5-4-8-11(12)10-6-2-1-3-7-10;1-5(2,3)4;/h15-21H,1-14H3;1-9H,13H2;1H3,(H,2,3,4);. The minimum atomic E-state index is -3.67. The molecule has 0 aromatic heterocycles. The third kappa shape index (κ3) is 13.8. The maximum atomic E-state index is 9.19. The molecule has 4 aromatic rings. The zero-order valence-electron chi connectivity index (χ0n) is 34.6. The van der Waals surface area contributed by atoms with Crippen molar-refractivity contribution in [3.8, 4) is 33.8 Å². The third-order valence-electron chi connectivity index (χ3n) is 8.54. The van der Waals surface area contributed by atoms with Crippen molar-refractivity contribution < 1.29 is 42.9 Å². The molecule has 0 atom stereocenters. The first-order valence-electron chi connectivity index (χ1n) is 18.0. The van der Waals surface area contributed by atoms with E-state index in [4.69, 9.17) is 19.8 Å². The first-order chi connectivity index (χ1) is 23.9. The quantitative estimate of drug-likeness (QED) is 0.0793. The van der Waals surface area contributed by atoms with Gasteiger partial charge in [0.25, 0.3) is 10.1 Å². The van der Waals surface area contributed by atoms with Crippen molar-refractivity contribution in [3.63, 3.8) is 0 Å². The van der Waals surface area contributed by atoms with E-state index in [1.165, 1.54) is 38.7 Å². The van der Waals surface area contributed by atoms with Crippen LogP contribution in [0.4, 0.5) is 5.69 Å². The van der Waals surface area contributed by atoms with Gasteiger partial charge in [0.2, 0.25) is 0 Å². The summed E-state index contributed by atoms with van der Waals surface area (Å²) in [5, 5.41) is 1.52. The zero-order valence-corrected chi connectivity index (χ0v) is 37.8. The monoisotopic (exact) mass is 855 g/mol. The van der Waals surface area contributed by atoms with E-state index in [0.29, 0.717) is 24.0 Å². The van der Waals surface area contributed by atoms with Gasteiger partial charge in [-0.3, -0.25) is 4.55 Å². The van der Waals surface area contributed by atoms with Crippen LogP contribution in [-0.4, -0.2) is 43.8 Å². The first-order valence-corrected chi connectivity index (χ1v) is 21.2. The van der Waals surface area contributed by atoms with Crippen molar-refractivity contribution >= 4 is 29.0 Å². The fraction of sp³-hybridized carbons (Fsp3) is 0.455. The number of ether oxygens (including phenoxy) is 2. The number of methoxy groups -OCH3 is 2. The molecular weight excluding hydrogens is 792 g/mol. The average molecular weight is 856 g/mol. The summed E-state index contributed by atoms with van der Waals surface area (Å²) >= 11 is 0. The predicted molar refractivity (Wildman–Crippen MR) is 227 cm³/mol. The van der Waals surface area contributed by atoms with Gasteiger partial charge in [-0.05, 0) is 74.1 Å². The Kier molecular flexibility index (Phi) is 18.5. The molecule has 0 aliphatic heterocycles. The Morgan fingerprint density at radius 3 is 1.45 bits per heavy atom. The second kappa shape index (κ2) is 20.3. The Morgan fingerprint density at radius 1 is 0.660 bits per heavy atom. The van der Waals surface area contributed by atoms with E-state index >= 15 is 0 Å². The molecule has 0 saturated carbocycles. The van der Waals surface area contributed by atoms with Crippen molar-refractivity contribution in [2.45, 2.75) is 111 Å². The summed E-state index contributed by atoms with van der Waals surface area (Å²) in [7, 11) is -0.674. The summed E-state index contributed by atoms with van der Waals surface area (Å²) < 4.78 is 38.1. The van der Waals surface area contributed by atoms with Gasteiger partial charge >= 0.3 is 0 Å². The van der Waals surface area contributed by atoms with Gasteiger partial charge in [-0.2, -0.15) is 8.42 Å².